The summed E-state index contributed by atoms with van der Waals surface area (Å²) in [4.78, 5) is 16.9. The standard InChI is InChI=1S/C17H26ClN3O2/c1-13(15-3-5-16(18)6-4-15)19-17(23)14(2)21-9-7-20(8-10-21)11-12-22/h3-6,13-14,22H,7-12H2,1-2H3,(H,19,23)/t13-,14+/m0/s1. The Bertz CT molecular complexity index is 501. The minimum atomic E-state index is -0.152. The van der Waals surface area contributed by atoms with Crippen molar-refractivity contribution in [3.8, 4) is 0 Å². The quantitative estimate of drug-likeness (QED) is 0.825. The number of nitrogens with zero attached hydrogens (tertiary/aromatic N) is 2. The number of halogens is 1. The van der Waals surface area contributed by atoms with E-state index < -0.39 is 0 Å². The Labute approximate surface area is 143 Å². The van der Waals surface area contributed by atoms with E-state index in [1.807, 2.05) is 38.1 Å². The maximum absolute atomic E-state index is 12.5. The van der Waals surface area contributed by atoms with E-state index in [0.29, 0.717) is 11.6 Å². The van der Waals surface area contributed by atoms with Crippen molar-refractivity contribution >= 4 is 17.5 Å². The molecule has 0 aromatic heterocycles. The van der Waals surface area contributed by atoms with E-state index in [-0.39, 0.29) is 24.6 Å². The van der Waals surface area contributed by atoms with Crippen LogP contribution in [0.1, 0.15) is 25.5 Å². The fourth-order valence-corrected chi connectivity index (χ4v) is 2.98. The van der Waals surface area contributed by atoms with E-state index in [9.17, 15) is 4.79 Å². The summed E-state index contributed by atoms with van der Waals surface area (Å²) in [6, 6.07) is 7.35. The Morgan fingerprint density at radius 2 is 1.83 bits per heavy atom. The number of β-amino-alcohol motifs (C(OH)–C–C–N with tert-alkyl or cyclic N) is 1. The molecule has 1 aliphatic heterocycles. The number of aliphatic hydroxyl groups is 1. The van der Waals surface area contributed by atoms with Gasteiger partial charge in [0.15, 0.2) is 0 Å². The third kappa shape index (κ3) is 5.18. The lowest BCUT2D eigenvalue weighted by Crippen LogP contribution is -2.54. The van der Waals surface area contributed by atoms with Crippen molar-refractivity contribution in [2.24, 2.45) is 0 Å². The first-order valence-electron chi connectivity index (χ1n) is 8.14. The van der Waals surface area contributed by atoms with Crippen molar-refractivity contribution in [1.82, 2.24) is 15.1 Å². The molecule has 6 heteroatoms. The van der Waals surface area contributed by atoms with Gasteiger partial charge >= 0.3 is 0 Å². The van der Waals surface area contributed by atoms with Crippen LogP contribution in [0.15, 0.2) is 24.3 Å². The number of carbonyl (C=O) groups is 1. The van der Waals surface area contributed by atoms with Gasteiger partial charge in [0.25, 0.3) is 0 Å². The first kappa shape index (κ1) is 18.2. The molecule has 2 atom stereocenters. The lowest BCUT2D eigenvalue weighted by atomic mass is 10.1. The predicted molar refractivity (Wildman–Crippen MR) is 92.6 cm³/mol. The van der Waals surface area contributed by atoms with Gasteiger partial charge in [0, 0.05) is 37.7 Å². The monoisotopic (exact) mass is 339 g/mol. The lowest BCUT2D eigenvalue weighted by molar-refractivity contribution is -0.127. The largest absolute Gasteiger partial charge is 0.395 e. The van der Waals surface area contributed by atoms with Crippen LogP contribution in [0.2, 0.25) is 5.02 Å². The summed E-state index contributed by atoms with van der Waals surface area (Å²) >= 11 is 5.89. The van der Waals surface area contributed by atoms with Gasteiger partial charge in [-0.2, -0.15) is 0 Å². The zero-order valence-corrected chi connectivity index (χ0v) is 14.6. The zero-order valence-electron chi connectivity index (χ0n) is 13.8. The molecule has 0 unspecified atom stereocenters. The maximum atomic E-state index is 12.5. The van der Waals surface area contributed by atoms with Crippen LogP contribution >= 0.6 is 11.6 Å². The number of piperazine rings is 1. The molecule has 1 aliphatic rings. The van der Waals surface area contributed by atoms with Crippen LogP contribution in [-0.2, 0) is 4.79 Å². The number of amides is 1. The highest BCUT2D eigenvalue weighted by Gasteiger charge is 2.26. The molecule has 0 bridgehead atoms. The van der Waals surface area contributed by atoms with Gasteiger partial charge in [-0.05, 0) is 31.5 Å². The second kappa shape index (κ2) is 8.64. The van der Waals surface area contributed by atoms with E-state index in [4.69, 9.17) is 16.7 Å². The third-order valence-electron chi connectivity index (χ3n) is 4.48. The van der Waals surface area contributed by atoms with Gasteiger partial charge in [0.1, 0.15) is 0 Å². The fraction of sp³-hybridized carbons (Fsp3) is 0.588. The van der Waals surface area contributed by atoms with Crippen molar-refractivity contribution in [3.63, 3.8) is 0 Å². The smallest absolute Gasteiger partial charge is 0.237 e. The van der Waals surface area contributed by atoms with Crippen LogP contribution in [0, 0.1) is 0 Å². The number of aliphatic hydroxyl groups excluding tert-OH is 1. The molecule has 0 radical (unpaired) electrons. The van der Waals surface area contributed by atoms with Crippen LogP contribution in [0.25, 0.3) is 0 Å². The van der Waals surface area contributed by atoms with E-state index in [1.54, 1.807) is 0 Å². The summed E-state index contributed by atoms with van der Waals surface area (Å²) in [5, 5.41) is 12.7. The average Bonchev–Trinajstić information content (AvgIpc) is 2.55. The van der Waals surface area contributed by atoms with Crippen LogP contribution < -0.4 is 5.32 Å². The van der Waals surface area contributed by atoms with E-state index in [0.717, 1.165) is 31.7 Å². The van der Waals surface area contributed by atoms with E-state index in [1.165, 1.54) is 0 Å². The molecule has 5 nitrogen and oxygen atoms in total. The van der Waals surface area contributed by atoms with E-state index in [2.05, 4.69) is 15.1 Å². The number of carbonyl (C=O) groups excluding carboxylic acids is 1. The van der Waals surface area contributed by atoms with Crippen LogP contribution in [0.5, 0.6) is 0 Å². The minimum absolute atomic E-state index is 0.0436. The van der Waals surface area contributed by atoms with Crippen molar-refractivity contribution in [2.75, 3.05) is 39.3 Å². The van der Waals surface area contributed by atoms with Gasteiger partial charge in [-0.3, -0.25) is 14.6 Å². The Morgan fingerprint density at radius 1 is 1.22 bits per heavy atom. The normalized spacial score (nSPS) is 19.3. The molecule has 1 aromatic carbocycles. The molecule has 23 heavy (non-hydrogen) atoms. The van der Waals surface area contributed by atoms with Crippen molar-refractivity contribution in [3.05, 3.63) is 34.9 Å². The highest BCUT2D eigenvalue weighted by atomic mass is 35.5. The molecule has 1 heterocycles. The number of benzene rings is 1. The third-order valence-corrected chi connectivity index (χ3v) is 4.73. The summed E-state index contributed by atoms with van der Waals surface area (Å²) in [5.41, 5.74) is 1.04. The van der Waals surface area contributed by atoms with Crippen LogP contribution in [0.3, 0.4) is 0 Å². The Hall–Kier alpha value is -1.14. The predicted octanol–water partition coefficient (Wildman–Crippen LogP) is 1.52. The fourth-order valence-electron chi connectivity index (χ4n) is 2.85. The topological polar surface area (TPSA) is 55.8 Å². The Kier molecular flexibility index (Phi) is 6.84. The van der Waals surface area contributed by atoms with Gasteiger partial charge in [-0.15, -0.1) is 0 Å². The number of rotatable bonds is 6. The lowest BCUT2D eigenvalue weighted by Gasteiger charge is -2.37. The molecule has 2 N–H and O–H groups in total. The zero-order chi connectivity index (χ0) is 16.8. The molecule has 0 spiro atoms. The van der Waals surface area contributed by atoms with Crippen LogP contribution in [0.4, 0.5) is 0 Å². The molecule has 0 saturated carbocycles. The number of nitrogens with one attached hydrogen (secondary N) is 1. The van der Waals surface area contributed by atoms with Gasteiger partial charge in [-0.1, -0.05) is 23.7 Å². The first-order chi connectivity index (χ1) is 11.0. The van der Waals surface area contributed by atoms with Gasteiger partial charge in [0.05, 0.1) is 18.7 Å². The first-order valence-corrected chi connectivity index (χ1v) is 8.52. The van der Waals surface area contributed by atoms with Crippen molar-refractivity contribution in [2.45, 2.75) is 25.9 Å². The van der Waals surface area contributed by atoms with Gasteiger partial charge in [-0.25, -0.2) is 0 Å². The Morgan fingerprint density at radius 3 is 2.39 bits per heavy atom. The summed E-state index contributed by atoms with van der Waals surface area (Å²) in [6.07, 6.45) is 0. The van der Waals surface area contributed by atoms with E-state index >= 15 is 0 Å². The SMILES string of the molecule is C[C@H](NC(=O)[C@@H](C)N1CCN(CCO)CC1)c1ccc(Cl)cc1. The summed E-state index contributed by atoms with van der Waals surface area (Å²) in [5.74, 6) is 0.0445. The van der Waals surface area contributed by atoms with Gasteiger partial charge in [0.2, 0.25) is 5.91 Å². The number of hydrogen-bond donors (Lipinski definition) is 2. The highest BCUT2D eigenvalue weighted by Crippen LogP contribution is 2.16. The summed E-state index contributed by atoms with van der Waals surface area (Å²) < 4.78 is 0. The molecule has 1 amide bonds. The molecule has 1 aromatic rings. The molecule has 0 aliphatic carbocycles. The molecule has 2 rings (SSSR count). The second-order valence-electron chi connectivity index (χ2n) is 6.06. The molecule has 128 valence electrons. The molecular formula is C17H26ClN3O2. The van der Waals surface area contributed by atoms with Gasteiger partial charge < -0.3 is 10.4 Å². The maximum Gasteiger partial charge on any atom is 0.237 e. The van der Waals surface area contributed by atoms with Crippen molar-refractivity contribution < 1.29 is 9.90 Å². The molecular weight excluding hydrogens is 314 g/mol. The molecule has 1 saturated heterocycles. The minimum Gasteiger partial charge on any atom is -0.395 e. The van der Waals surface area contributed by atoms with Crippen LogP contribution in [-0.4, -0.2) is 66.2 Å². The van der Waals surface area contributed by atoms with Crippen molar-refractivity contribution in [1.29, 1.82) is 0 Å². The summed E-state index contributed by atoms with van der Waals surface area (Å²) in [7, 11) is 0. The highest BCUT2D eigenvalue weighted by molar-refractivity contribution is 6.30. The summed E-state index contributed by atoms with van der Waals surface area (Å²) in [6.45, 7) is 8.32. The second-order valence-corrected chi connectivity index (χ2v) is 6.50. The number of hydrogen-bond acceptors (Lipinski definition) is 4. The average molecular weight is 340 g/mol. The Balaban J connectivity index is 1.84. The molecule has 1 fully saturated rings.